The van der Waals surface area contributed by atoms with Crippen LogP contribution in [0.2, 0.25) is 0 Å². The lowest BCUT2D eigenvalue weighted by molar-refractivity contribution is -0.200. The minimum atomic E-state index is -0.194. The first kappa shape index (κ1) is 30.4. The zero-order chi connectivity index (χ0) is 24.5. The van der Waals surface area contributed by atoms with Crippen molar-refractivity contribution in [2.45, 2.75) is 113 Å². The molecular formula is C29H49NO2. The van der Waals surface area contributed by atoms with E-state index < -0.39 is 0 Å². The largest absolute Gasteiger partial charge is 0.348 e. The molecule has 2 fully saturated rings. The van der Waals surface area contributed by atoms with Crippen LogP contribution in [-0.4, -0.2) is 19.0 Å². The molecule has 1 atom stereocenters. The van der Waals surface area contributed by atoms with Crippen LogP contribution in [0.4, 0.5) is 0 Å². The quantitative estimate of drug-likeness (QED) is 0.437. The van der Waals surface area contributed by atoms with E-state index in [2.05, 4.69) is 39.0 Å². The minimum Gasteiger partial charge on any atom is -0.348 e. The Morgan fingerprint density at radius 1 is 1.06 bits per heavy atom. The number of hydrogen-bond acceptors (Lipinski definition) is 3. The zero-order valence-electron chi connectivity index (χ0n) is 22.2. The van der Waals surface area contributed by atoms with Gasteiger partial charge in [-0.05, 0) is 75.1 Å². The molecule has 0 aromatic heterocycles. The highest BCUT2D eigenvalue weighted by Crippen LogP contribution is 2.47. The third-order valence-corrected chi connectivity index (χ3v) is 6.09. The SMILES string of the molecule is C/C=C\CC.CC.CCCC[C@@]1(C)CCCC2(C1)OCCO2.Cc1ccc(C#N)cc1C. The molecule has 2 aliphatic rings. The number of ether oxygens (including phenoxy) is 2. The molecule has 0 bridgehead atoms. The van der Waals surface area contributed by atoms with Crippen molar-refractivity contribution in [2.75, 3.05) is 13.2 Å². The Kier molecular flexibility index (Phi) is 16.1. The predicted molar refractivity (Wildman–Crippen MR) is 138 cm³/mol. The Balaban J connectivity index is 0.000000489. The summed E-state index contributed by atoms with van der Waals surface area (Å²) < 4.78 is 11.7. The molecule has 0 N–H and O–H groups in total. The summed E-state index contributed by atoms with van der Waals surface area (Å²) >= 11 is 0. The summed E-state index contributed by atoms with van der Waals surface area (Å²) in [6.45, 7) is 18.5. The van der Waals surface area contributed by atoms with Gasteiger partial charge < -0.3 is 9.47 Å². The Bertz CT molecular complexity index is 683. The van der Waals surface area contributed by atoms with Crippen molar-refractivity contribution in [3.8, 4) is 6.07 Å². The van der Waals surface area contributed by atoms with Gasteiger partial charge in [-0.15, -0.1) is 0 Å². The van der Waals surface area contributed by atoms with Crippen molar-refractivity contribution >= 4 is 0 Å². The molecule has 3 nitrogen and oxygen atoms in total. The molecule has 1 aliphatic carbocycles. The van der Waals surface area contributed by atoms with Crippen molar-refractivity contribution in [1.29, 1.82) is 5.26 Å². The topological polar surface area (TPSA) is 42.2 Å². The monoisotopic (exact) mass is 443 g/mol. The number of nitriles is 1. The van der Waals surface area contributed by atoms with E-state index in [1.807, 2.05) is 52.8 Å². The summed E-state index contributed by atoms with van der Waals surface area (Å²) in [5.74, 6) is -0.194. The molecule has 1 saturated carbocycles. The van der Waals surface area contributed by atoms with Crippen LogP contribution < -0.4 is 0 Å². The third kappa shape index (κ3) is 11.3. The van der Waals surface area contributed by atoms with Crippen LogP contribution in [0.3, 0.4) is 0 Å². The van der Waals surface area contributed by atoms with E-state index in [1.165, 1.54) is 43.2 Å². The molecule has 1 aromatic rings. The number of unbranched alkanes of at least 4 members (excludes halogenated alkanes) is 1. The van der Waals surface area contributed by atoms with E-state index in [1.54, 1.807) is 0 Å². The second-order valence-electron chi connectivity index (χ2n) is 8.94. The van der Waals surface area contributed by atoms with E-state index in [-0.39, 0.29) is 5.79 Å². The van der Waals surface area contributed by atoms with Crippen LogP contribution in [0.15, 0.2) is 30.4 Å². The average Bonchev–Trinajstić information content (AvgIpc) is 3.24. The van der Waals surface area contributed by atoms with Crippen LogP contribution in [0.5, 0.6) is 0 Å². The van der Waals surface area contributed by atoms with E-state index in [0.29, 0.717) is 5.41 Å². The van der Waals surface area contributed by atoms with Gasteiger partial charge in [0.2, 0.25) is 0 Å². The summed E-state index contributed by atoms with van der Waals surface area (Å²) in [6.07, 6.45) is 14.1. The molecule has 32 heavy (non-hydrogen) atoms. The molecule has 1 aliphatic heterocycles. The van der Waals surface area contributed by atoms with Gasteiger partial charge in [-0.2, -0.15) is 5.26 Å². The Morgan fingerprint density at radius 3 is 2.19 bits per heavy atom. The molecule has 182 valence electrons. The summed E-state index contributed by atoms with van der Waals surface area (Å²) in [6, 6.07) is 7.79. The van der Waals surface area contributed by atoms with Crippen LogP contribution in [0, 0.1) is 30.6 Å². The molecule has 3 rings (SSSR count). The lowest BCUT2D eigenvalue weighted by atomic mass is 9.70. The standard InChI is InChI=1S/C13H24O2.C9H9N.C5H10.C2H6/c1-3-4-6-12(2)7-5-8-13(11-12)14-9-10-15-13;1-7-3-4-9(6-10)5-8(7)2;1-3-5-4-2;1-2/h3-11H2,1-2H3;3-5H,1-2H3;3,5H,4H2,1-2H3;1-2H3/b;;5-3-;/t12-;;;/m0.../s1. The third-order valence-electron chi connectivity index (χ3n) is 6.09. The maximum Gasteiger partial charge on any atom is 0.169 e. The molecule has 0 radical (unpaired) electrons. The van der Waals surface area contributed by atoms with E-state index >= 15 is 0 Å². The van der Waals surface area contributed by atoms with Crippen molar-refractivity contribution in [3.05, 3.63) is 47.0 Å². The van der Waals surface area contributed by atoms with Crippen molar-refractivity contribution in [3.63, 3.8) is 0 Å². The maximum absolute atomic E-state index is 8.50. The first-order valence-electron chi connectivity index (χ1n) is 12.7. The lowest BCUT2D eigenvalue weighted by Gasteiger charge is -2.43. The first-order chi connectivity index (χ1) is 15.3. The fraction of sp³-hybridized carbons (Fsp3) is 0.690. The average molecular weight is 444 g/mol. The van der Waals surface area contributed by atoms with Crippen LogP contribution >= 0.6 is 0 Å². The normalized spacial score (nSPS) is 20.8. The molecule has 0 amide bonds. The second-order valence-corrected chi connectivity index (χ2v) is 8.94. The summed E-state index contributed by atoms with van der Waals surface area (Å²) in [5.41, 5.74) is 3.61. The van der Waals surface area contributed by atoms with Gasteiger partial charge in [0.1, 0.15) is 0 Å². The van der Waals surface area contributed by atoms with Crippen molar-refractivity contribution in [2.24, 2.45) is 5.41 Å². The fourth-order valence-electron chi connectivity index (χ4n) is 4.22. The molecule has 3 heteroatoms. The Morgan fingerprint density at radius 2 is 1.72 bits per heavy atom. The van der Waals surface area contributed by atoms with Gasteiger partial charge in [-0.1, -0.05) is 65.7 Å². The molecule has 1 saturated heterocycles. The van der Waals surface area contributed by atoms with Gasteiger partial charge in [0, 0.05) is 12.8 Å². The summed E-state index contributed by atoms with van der Waals surface area (Å²) in [5, 5.41) is 8.50. The first-order valence-corrected chi connectivity index (χ1v) is 12.7. The van der Waals surface area contributed by atoms with Gasteiger partial charge in [0.05, 0.1) is 24.8 Å². The number of benzene rings is 1. The van der Waals surface area contributed by atoms with Gasteiger partial charge in [0.15, 0.2) is 5.79 Å². The highest BCUT2D eigenvalue weighted by Gasteiger charge is 2.45. The van der Waals surface area contributed by atoms with Gasteiger partial charge in [-0.25, -0.2) is 0 Å². The van der Waals surface area contributed by atoms with E-state index in [4.69, 9.17) is 14.7 Å². The number of aryl methyl sites for hydroxylation is 2. The zero-order valence-corrected chi connectivity index (χ0v) is 22.2. The van der Waals surface area contributed by atoms with Gasteiger partial charge in [0.25, 0.3) is 0 Å². The van der Waals surface area contributed by atoms with Crippen LogP contribution in [0.1, 0.15) is 110 Å². The molecule has 1 heterocycles. The highest BCUT2D eigenvalue weighted by atomic mass is 16.7. The van der Waals surface area contributed by atoms with Crippen LogP contribution in [0.25, 0.3) is 0 Å². The Labute approximate surface area is 199 Å². The molecule has 1 spiro atoms. The number of nitrogens with zero attached hydrogens (tertiary/aromatic N) is 1. The second kappa shape index (κ2) is 16.9. The molecule has 1 aromatic carbocycles. The van der Waals surface area contributed by atoms with Gasteiger partial charge in [-0.3, -0.25) is 0 Å². The number of allylic oxidation sites excluding steroid dienone is 2. The van der Waals surface area contributed by atoms with Crippen molar-refractivity contribution in [1.82, 2.24) is 0 Å². The predicted octanol–water partition coefficient (Wildman–Crippen LogP) is 8.67. The lowest BCUT2D eigenvalue weighted by Crippen LogP contribution is -2.41. The Hall–Kier alpha value is -1.63. The molecular weight excluding hydrogens is 394 g/mol. The smallest absolute Gasteiger partial charge is 0.169 e. The van der Waals surface area contributed by atoms with Crippen molar-refractivity contribution < 1.29 is 9.47 Å². The van der Waals surface area contributed by atoms with Crippen LogP contribution in [-0.2, 0) is 9.47 Å². The highest BCUT2D eigenvalue weighted by molar-refractivity contribution is 5.36. The number of hydrogen-bond donors (Lipinski definition) is 0. The fourth-order valence-corrected chi connectivity index (χ4v) is 4.22. The van der Waals surface area contributed by atoms with E-state index in [9.17, 15) is 0 Å². The number of rotatable bonds is 4. The van der Waals surface area contributed by atoms with Gasteiger partial charge >= 0.3 is 0 Å². The minimum absolute atomic E-state index is 0.194. The summed E-state index contributed by atoms with van der Waals surface area (Å²) in [7, 11) is 0. The van der Waals surface area contributed by atoms with E-state index in [0.717, 1.165) is 38.0 Å². The summed E-state index contributed by atoms with van der Waals surface area (Å²) in [4.78, 5) is 0. The maximum atomic E-state index is 8.50. The molecule has 0 unspecified atom stereocenters.